The molecule has 3 aromatic rings. The van der Waals surface area contributed by atoms with Crippen LogP contribution in [0.4, 0.5) is 5.69 Å². The molecule has 0 amide bonds. The summed E-state index contributed by atoms with van der Waals surface area (Å²) in [4.78, 5) is 0.131. The summed E-state index contributed by atoms with van der Waals surface area (Å²) in [5, 5.41) is 0. The van der Waals surface area contributed by atoms with E-state index >= 15 is 0 Å². The maximum atomic E-state index is 13.2. The van der Waals surface area contributed by atoms with E-state index in [1.165, 1.54) is 30.7 Å². The average Bonchev–Trinajstić information content (AvgIpc) is 2.79. The zero-order valence-electron chi connectivity index (χ0n) is 17.2. The van der Waals surface area contributed by atoms with E-state index in [9.17, 15) is 8.42 Å². The van der Waals surface area contributed by atoms with Crippen molar-refractivity contribution in [2.24, 2.45) is 0 Å². The Labute approximate surface area is 177 Å². The molecule has 7 heteroatoms. The number of ether oxygens (including phenoxy) is 3. The smallest absolute Gasteiger partial charge is 0.264 e. The van der Waals surface area contributed by atoms with Gasteiger partial charge in [-0.25, -0.2) is 8.42 Å². The standard InChI is InChI=1S/C23H25NO5S/c1-4-24(30(25,26)21-14-15-22(27-2)23(16-21)28-3)19-10-12-20(13-11-19)29-17-18-8-6-5-7-9-18/h5-16H,4,17H2,1-3H3. The molecule has 0 unspecified atom stereocenters. The first kappa shape index (κ1) is 21.5. The Morgan fingerprint density at radius 3 is 2.10 bits per heavy atom. The fraction of sp³-hybridized carbons (Fsp3) is 0.217. The molecule has 0 fully saturated rings. The van der Waals surface area contributed by atoms with Gasteiger partial charge in [0.15, 0.2) is 11.5 Å². The predicted octanol–water partition coefficient (Wildman–Crippen LogP) is 4.50. The van der Waals surface area contributed by atoms with Crippen LogP contribution in [-0.4, -0.2) is 29.2 Å². The number of rotatable bonds is 9. The van der Waals surface area contributed by atoms with Gasteiger partial charge in [-0.2, -0.15) is 0 Å². The monoisotopic (exact) mass is 427 g/mol. The molecule has 0 aliphatic rings. The Balaban J connectivity index is 1.80. The van der Waals surface area contributed by atoms with E-state index in [1.54, 1.807) is 37.3 Å². The van der Waals surface area contributed by atoms with Gasteiger partial charge >= 0.3 is 0 Å². The van der Waals surface area contributed by atoms with Gasteiger partial charge in [-0.3, -0.25) is 4.31 Å². The highest BCUT2D eigenvalue weighted by Crippen LogP contribution is 2.32. The van der Waals surface area contributed by atoms with E-state index in [1.807, 2.05) is 30.3 Å². The first-order chi connectivity index (χ1) is 14.5. The number of benzene rings is 3. The highest BCUT2D eigenvalue weighted by Gasteiger charge is 2.25. The molecule has 0 spiro atoms. The fourth-order valence-corrected chi connectivity index (χ4v) is 4.53. The summed E-state index contributed by atoms with van der Waals surface area (Å²) in [5.74, 6) is 1.50. The molecule has 158 valence electrons. The minimum Gasteiger partial charge on any atom is -0.493 e. The second-order valence-corrected chi connectivity index (χ2v) is 8.32. The largest absolute Gasteiger partial charge is 0.493 e. The van der Waals surface area contributed by atoms with Gasteiger partial charge in [0, 0.05) is 12.6 Å². The normalized spacial score (nSPS) is 11.0. The molecule has 3 aromatic carbocycles. The Bertz CT molecular complexity index is 1070. The van der Waals surface area contributed by atoms with E-state index in [-0.39, 0.29) is 11.4 Å². The van der Waals surface area contributed by atoms with Crippen LogP contribution in [0, 0.1) is 0 Å². The highest BCUT2D eigenvalue weighted by molar-refractivity contribution is 7.92. The zero-order chi connectivity index (χ0) is 21.6. The number of hydrogen-bond donors (Lipinski definition) is 0. The molecule has 0 heterocycles. The van der Waals surface area contributed by atoms with Gasteiger partial charge in [-0.1, -0.05) is 30.3 Å². The number of methoxy groups -OCH3 is 2. The first-order valence-corrected chi connectivity index (χ1v) is 10.9. The Morgan fingerprint density at radius 2 is 1.50 bits per heavy atom. The molecule has 6 nitrogen and oxygen atoms in total. The molecule has 0 aromatic heterocycles. The van der Waals surface area contributed by atoms with Crippen molar-refractivity contribution in [3.8, 4) is 17.2 Å². The van der Waals surface area contributed by atoms with Crippen molar-refractivity contribution in [3.05, 3.63) is 78.4 Å². The van der Waals surface area contributed by atoms with Crippen molar-refractivity contribution in [3.63, 3.8) is 0 Å². The molecule has 0 radical (unpaired) electrons. The summed E-state index contributed by atoms with van der Waals surface area (Å²) < 4.78 is 44.0. The average molecular weight is 428 g/mol. The third-order valence-electron chi connectivity index (χ3n) is 4.60. The van der Waals surface area contributed by atoms with E-state index in [0.717, 1.165) is 5.56 Å². The molecule has 0 atom stereocenters. The molecule has 0 aliphatic heterocycles. The number of nitrogens with zero attached hydrogens (tertiary/aromatic N) is 1. The minimum atomic E-state index is -3.77. The first-order valence-electron chi connectivity index (χ1n) is 9.51. The third kappa shape index (κ3) is 4.68. The van der Waals surface area contributed by atoms with Crippen LogP contribution in [0.3, 0.4) is 0 Å². The number of anilines is 1. The lowest BCUT2D eigenvalue weighted by Gasteiger charge is -2.23. The quantitative estimate of drug-likeness (QED) is 0.503. The summed E-state index contributed by atoms with van der Waals surface area (Å²) in [6, 6.07) is 21.4. The molecule has 0 saturated carbocycles. The van der Waals surface area contributed by atoms with Crippen molar-refractivity contribution in [2.45, 2.75) is 18.4 Å². The van der Waals surface area contributed by atoms with Crippen LogP contribution in [-0.2, 0) is 16.6 Å². The molecule has 0 bridgehead atoms. The Kier molecular flexibility index (Phi) is 6.84. The molecule has 0 N–H and O–H groups in total. The lowest BCUT2D eigenvalue weighted by atomic mass is 10.2. The zero-order valence-corrected chi connectivity index (χ0v) is 18.1. The van der Waals surface area contributed by atoms with Gasteiger partial charge in [-0.05, 0) is 48.9 Å². The molecular weight excluding hydrogens is 402 g/mol. The van der Waals surface area contributed by atoms with Crippen molar-refractivity contribution in [1.82, 2.24) is 0 Å². The van der Waals surface area contributed by atoms with Gasteiger partial charge < -0.3 is 14.2 Å². The van der Waals surface area contributed by atoms with E-state index in [2.05, 4.69) is 0 Å². The number of hydrogen-bond acceptors (Lipinski definition) is 5. The van der Waals surface area contributed by atoms with Gasteiger partial charge in [0.2, 0.25) is 0 Å². The van der Waals surface area contributed by atoms with Gasteiger partial charge in [-0.15, -0.1) is 0 Å². The maximum Gasteiger partial charge on any atom is 0.264 e. The molecule has 0 aliphatic carbocycles. The van der Waals surface area contributed by atoms with Gasteiger partial charge in [0.25, 0.3) is 10.0 Å². The van der Waals surface area contributed by atoms with Crippen LogP contribution < -0.4 is 18.5 Å². The topological polar surface area (TPSA) is 65.1 Å². The predicted molar refractivity (Wildman–Crippen MR) is 117 cm³/mol. The van der Waals surface area contributed by atoms with E-state index in [4.69, 9.17) is 14.2 Å². The summed E-state index contributed by atoms with van der Waals surface area (Å²) in [7, 11) is -0.795. The molecule has 0 saturated heterocycles. The lowest BCUT2D eigenvalue weighted by Crippen LogP contribution is -2.30. The summed E-state index contributed by atoms with van der Waals surface area (Å²) in [6.45, 7) is 2.51. The van der Waals surface area contributed by atoms with Crippen molar-refractivity contribution < 1.29 is 22.6 Å². The van der Waals surface area contributed by atoms with Crippen molar-refractivity contribution >= 4 is 15.7 Å². The van der Waals surface area contributed by atoms with E-state index in [0.29, 0.717) is 29.5 Å². The number of sulfonamides is 1. The molecular formula is C23H25NO5S. The van der Waals surface area contributed by atoms with Crippen molar-refractivity contribution in [2.75, 3.05) is 25.1 Å². The van der Waals surface area contributed by atoms with Crippen LogP contribution >= 0.6 is 0 Å². The van der Waals surface area contributed by atoms with Crippen LogP contribution in [0.25, 0.3) is 0 Å². The van der Waals surface area contributed by atoms with Crippen LogP contribution in [0.15, 0.2) is 77.7 Å². The molecule has 3 rings (SSSR count). The Hall–Kier alpha value is -3.19. The van der Waals surface area contributed by atoms with Gasteiger partial charge in [0.1, 0.15) is 12.4 Å². The second kappa shape index (κ2) is 9.54. The minimum absolute atomic E-state index is 0.131. The third-order valence-corrected chi connectivity index (χ3v) is 6.50. The Morgan fingerprint density at radius 1 is 0.833 bits per heavy atom. The van der Waals surface area contributed by atoms with Crippen LogP contribution in [0.1, 0.15) is 12.5 Å². The maximum absolute atomic E-state index is 13.2. The van der Waals surface area contributed by atoms with E-state index < -0.39 is 10.0 Å². The van der Waals surface area contributed by atoms with Crippen LogP contribution in [0.2, 0.25) is 0 Å². The van der Waals surface area contributed by atoms with Crippen molar-refractivity contribution in [1.29, 1.82) is 0 Å². The fourth-order valence-electron chi connectivity index (χ4n) is 3.05. The van der Waals surface area contributed by atoms with Gasteiger partial charge in [0.05, 0.1) is 24.8 Å². The SMILES string of the molecule is CCN(c1ccc(OCc2ccccc2)cc1)S(=O)(=O)c1ccc(OC)c(OC)c1. The molecule has 30 heavy (non-hydrogen) atoms. The summed E-state index contributed by atoms with van der Waals surface area (Å²) >= 11 is 0. The summed E-state index contributed by atoms with van der Waals surface area (Å²) in [6.07, 6.45) is 0. The highest BCUT2D eigenvalue weighted by atomic mass is 32.2. The second-order valence-electron chi connectivity index (χ2n) is 6.45. The lowest BCUT2D eigenvalue weighted by molar-refractivity contribution is 0.306. The van der Waals surface area contributed by atoms with Crippen LogP contribution in [0.5, 0.6) is 17.2 Å². The summed E-state index contributed by atoms with van der Waals surface area (Å²) in [5.41, 5.74) is 1.62.